The number of rotatable bonds is 6. The minimum Gasteiger partial charge on any atom is -0.497 e. The van der Waals surface area contributed by atoms with Gasteiger partial charge < -0.3 is 25.0 Å². The van der Waals surface area contributed by atoms with Crippen LogP contribution in [0.1, 0.15) is 5.56 Å². The van der Waals surface area contributed by atoms with Gasteiger partial charge in [-0.1, -0.05) is 24.3 Å². The smallest absolute Gasteiger partial charge is 0.407 e. The molecule has 0 bridgehead atoms. The van der Waals surface area contributed by atoms with Crippen molar-refractivity contribution in [1.82, 2.24) is 19.8 Å². The molecular weight excluding hydrogens is 406 g/mol. The molecule has 1 aromatic heterocycles. The highest BCUT2D eigenvalue weighted by Crippen LogP contribution is 2.23. The summed E-state index contributed by atoms with van der Waals surface area (Å²) in [5, 5.41) is 12.8. The van der Waals surface area contributed by atoms with Crippen molar-refractivity contribution in [3.05, 3.63) is 66.5 Å². The molecule has 4 rings (SSSR count). The second-order valence-corrected chi connectivity index (χ2v) is 7.95. The molecule has 8 nitrogen and oxygen atoms in total. The van der Waals surface area contributed by atoms with Crippen molar-refractivity contribution < 1.29 is 14.6 Å². The Morgan fingerprint density at radius 3 is 2.56 bits per heavy atom. The number of benzene rings is 2. The highest BCUT2D eigenvalue weighted by molar-refractivity contribution is 5.66. The molecule has 1 aliphatic heterocycles. The van der Waals surface area contributed by atoms with Gasteiger partial charge in [0.2, 0.25) is 5.95 Å². The Bertz CT molecular complexity index is 1060. The lowest BCUT2D eigenvalue weighted by atomic mass is 10.0. The van der Waals surface area contributed by atoms with E-state index in [0.29, 0.717) is 18.9 Å². The quantitative estimate of drug-likeness (QED) is 0.612. The van der Waals surface area contributed by atoms with E-state index in [-0.39, 0.29) is 6.04 Å². The second kappa shape index (κ2) is 9.65. The first-order valence-electron chi connectivity index (χ1n) is 10.5. The van der Waals surface area contributed by atoms with Crippen LogP contribution in [0.25, 0.3) is 11.1 Å². The summed E-state index contributed by atoms with van der Waals surface area (Å²) >= 11 is 0. The number of carboxylic acid groups (broad SMARTS) is 1. The molecule has 0 radical (unpaired) electrons. The number of nitrogens with one attached hydrogen (secondary N) is 1. The SMILES string of the molecule is COc1ccc(-c2cnc(Nc3cccc(CC4CN(C)CCN4C(=O)O)c3)nc2)cc1. The zero-order chi connectivity index (χ0) is 22.5. The summed E-state index contributed by atoms with van der Waals surface area (Å²) in [5.41, 5.74) is 3.86. The van der Waals surface area contributed by atoms with Gasteiger partial charge in [-0.15, -0.1) is 0 Å². The Kier molecular flexibility index (Phi) is 6.51. The molecule has 2 N–H and O–H groups in total. The summed E-state index contributed by atoms with van der Waals surface area (Å²) in [4.78, 5) is 24.2. The minimum absolute atomic E-state index is 0.0680. The van der Waals surface area contributed by atoms with Gasteiger partial charge in [0, 0.05) is 43.3 Å². The Balaban J connectivity index is 1.43. The molecule has 8 heteroatoms. The van der Waals surface area contributed by atoms with Crippen LogP contribution < -0.4 is 10.1 Å². The predicted molar refractivity (Wildman–Crippen MR) is 123 cm³/mol. The lowest BCUT2D eigenvalue weighted by Gasteiger charge is -2.38. The lowest BCUT2D eigenvalue weighted by molar-refractivity contribution is 0.0778. The average Bonchev–Trinajstić information content (AvgIpc) is 2.80. The summed E-state index contributed by atoms with van der Waals surface area (Å²) in [6, 6.07) is 15.6. The van der Waals surface area contributed by atoms with Crippen LogP contribution in [-0.4, -0.2) is 70.8 Å². The van der Waals surface area contributed by atoms with Gasteiger partial charge in [-0.25, -0.2) is 14.8 Å². The number of carbonyl (C=O) groups is 1. The maximum atomic E-state index is 11.6. The first-order valence-corrected chi connectivity index (χ1v) is 10.5. The molecule has 1 saturated heterocycles. The van der Waals surface area contributed by atoms with E-state index in [1.165, 1.54) is 0 Å². The van der Waals surface area contributed by atoms with E-state index >= 15 is 0 Å². The van der Waals surface area contributed by atoms with E-state index in [4.69, 9.17) is 4.74 Å². The topological polar surface area (TPSA) is 90.8 Å². The first kappa shape index (κ1) is 21.6. The molecule has 1 atom stereocenters. The van der Waals surface area contributed by atoms with Crippen LogP contribution in [0.15, 0.2) is 60.9 Å². The predicted octanol–water partition coefficient (Wildman–Crippen LogP) is 3.73. The average molecular weight is 434 g/mol. The maximum Gasteiger partial charge on any atom is 0.407 e. The number of methoxy groups -OCH3 is 1. The van der Waals surface area contributed by atoms with E-state index < -0.39 is 6.09 Å². The molecule has 1 fully saturated rings. The fourth-order valence-electron chi connectivity index (χ4n) is 3.94. The highest BCUT2D eigenvalue weighted by atomic mass is 16.5. The van der Waals surface area contributed by atoms with Gasteiger partial charge in [0.05, 0.1) is 13.2 Å². The van der Waals surface area contributed by atoms with Crippen LogP contribution >= 0.6 is 0 Å². The zero-order valence-electron chi connectivity index (χ0n) is 18.2. The monoisotopic (exact) mass is 433 g/mol. The van der Waals surface area contributed by atoms with Crippen molar-refractivity contribution in [1.29, 1.82) is 0 Å². The Morgan fingerprint density at radius 1 is 1.12 bits per heavy atom. The summed E-state index contributed by atoms with van der Waals surface area (Å²) in [5.74, 6) is 1.31. The number of hydrogen-bond donors (Lipinski definition) is 2. The van der Waals surface area contributed by atoms with Crippen LogP contribution in [0.5, 0.6) is 5.75 Å². The Morgan fingerprint density at radius 2 is 1.88 bits per heavy atom. The molecule has 3 aromatic rings. The molecule has 0 aliphatic carbocycles. The van der Waals surface area contributed by atoms with Crippen LogP contribution in [-0.2, 0) is 6.42 Å². The maximum absolute atomic E-state index is 11.6. The van der Waals surface area contributed by atoms with Crippen molar-refractivity contribution in [2.75, 3.05) is 39.1 Å². The van der Waals surface area contributed by atoms with E-state index in [0.717, 1.165) is 41.2 Å². The van der Waals surface area contributed by atoms with Crippen molar-refractivity contribution in [3.63, 3.8) is 0 Å². The third-order valence-electron chi connectivity index (χ3n) is 5.66. The van der Waals surface area contributed by atoms with Gasteiger partial charge in [-0.2, -0.15) is 0 Å². The van der Waals surface area contributed by atoms with Gasteiger partial charge in [0.25, 0.3) is 0 Å². The Hall–Kier alpha value is -3.65. The lowest BCUT2D eigenvalue weighted by Crippen LogP contribution is -2.54. The third kappa shape index (κ3) is 5.15. The molecule has 2 aromatic carbocycles. The molecule has 2 heterocycles. The van der Waals surface area contributed by atoms with Crippen LogP contribution in [0.3, 0.4) is 0 Å². The third-order valence-corrected chi connectivity index (χ3v) is 5.66. The fraction of sp³-hybridized carbons (Fsp3) is 0.292. The van der Waals surface area contributed by atoms with Crippen molar-refractivity contribution in [2.24, 2.45) is 0 Å². The second-order valence-electron chi connectivity index (χ2n) is 7.95. The van der Waals surface area contributed by atoms with Gasteiger partial charge in [-0.3, -0.25) is 0 Å². The van der Waals surface area contributed by atoms with Crippen LogP contribution in [0.2, 0.25) is 0 Å². The van der Waals surface area contributed by atoms with Gasteiger partial charge in [0.15, 0.2) is 0 Å². The summed E-state index contributed by atoms with van der Waals surface area (Å²) in [6.07, 6.45) is 3.36. The number of aromatic nitrogens is 2. The fourth-order valence-corrected chi connectivity index (χ4v) is 3.94. The number of amides is 1. The number of hydrogen-bond acceptors (Lipinski definition) is 6. The van der Waals surface area contributed by atoms with Crippen molar-refractivity contribution in [3.8, 4) is 16.9 Å². The molecule has 1 aliphatic rings. The van der Waals surface area contributed by atoms with Crippen molar-refractivity contribution >= 4 is 17.7 Å². The molecular formula is C24H27N5O3. The van der Waals surface area contributed by atoms with E-state index in [2.05, 4.69) is 20.2 Å². The molecule has 0 spiro atoms. The first-order chi connectivity index (χ1) is 15.5. The number of ether oxygens (including phenoxy) is 1. The summed E-state index contributed by atoms with van der Waals surface area (Å²) in [7, 11) is 3.67. The Labute approximate surface area is 187 Å². The van der Waals surface area contributed by atoms with Crippen LogP contribution in [0.4, 0.5) is 16.4 Å². The summed E-state index contributed by atoms with van der Waals surface area (Å²) in [6.45, 7) is 2.01. The highest BCUT2D eigenvalue weighted by Gasteiger charge is 2.28. The van der Waals surface area contributed by atoms with E-state index in [9.17, 15) is 9.90 Å². The van der Waals surface area contributed by atoms with Crippen LogP contribution in [0, 0.1) is 0 Å². The molecule has 1 amide bonds. The zero-order valence-corrected chi connectivity index (χ0v) is 18.2. The minimum atomic E-state index is -0.859. The van der Waals surface area contributed by atoms with E-state index in [1.54, 1.807) is 24.4 Å². The normalized spacial score (nSPS) is 16.6. The number of nitrogens with zero attached hydrogens (tertiary/aromatic N) is 4. The van der Waals surface area contributed by atoms with E-state index in [1.807, 2.05) is 55.6 Å². The number of piperazine rings is 1. The number of likely N-dealkylation sites (N-methyl/N-ethyl adjacent to an activating group) is 1. The summed E-state index contributed by atoms with van der Waals surface area (Å²) < 4.78 is 5.20. The molecule has 1 unspecified atom stereocenters. The van der Waals surface area contributed by atoms with Gasteiger partial charge in [-0.05, 0) is 48.9 Å². The molecule has 0 saturated carbocycles. The molecule has 32 heavy (non-hydrogen) atoms. The molecule has 166 valence electrons. The largest absolute Gasteiger partial charge is 0.497 e. The van der Waals surface area contributed by atoms with Gasteiger partial charge >= 0.3 is 6.09 Å². The van der Waals surface area contributed by atoms with Crippen molar-refractivity contribution in [2.45, 2.75) is 12.5 Å². The number of anilines is 2. The van der Waals surface area contributed by atoms with Gasteiger partial charge in [0.1, 0.15) is 5.75 Å². The standard InChI is InChI=1S/C24H27N5O3/c1-28-10-11-29(24(30)31)21(16-28)13-17-4-3-5-20(12-17)27-23-25-14-19(15-26-23)18-6-8-22(32-2)9-7-18/h3-9,12,14-15,21H,10-11,13,16H2,1-2H3,(H,30,31)(H,25,26,27).